The van der Waals surface area contributed by atoms with Gasteiger partial charge in [-0.25, -0.2) is 8.42 Å². The third kappa shape index (κ3) is 8.16. The highest BCUT2D eigenvalue weighted by molar-refractivity contribution is 7.92. The number of halogens is 3. The van der Waals surface area contributed by atoms with E-state index in [4.69, 9.17) is 34.8 Å². The molecule has 0 saturated carbocycles. The molecule has 0 bridgehead atoms. The molecule has 7 nitrogen and oxygen atoms in total. The van der Waals surface area contributed by atoms with Crippen LogP contribution in [0.2, 0.25) is 15.1 Å². The first-order valence-electron chi connectivity index (χ1n) is 13.3. The van der Waals surface area contributed by atoms with Crippen molar-refractivity contribution < 1.29 is 18.0 Å². The van der Waals surface area contributed by atoms with E-state index in [2.05, 4.69) is 5.32 Å². The van der Waals surface area contributed by atoms with Gasteiger partial charge in [-0.3, -0.25) is 13.9 Å². The predicted molar refractivity (Wildman–Crippen MR) is 166 cm³/mol. The quantitative estimate of drug-likeness (QED) is 0.235. The minimum Gasteiger partial charge on any atom is -0.352 e. The Morgan fingerprint density at radius 3 is 2.07 bits per heavy atom. The number of nitrogens with one attached hydrogen (secondary N) is 1. The first-order valence-corrected chi connectivity index (χ1v) is 15.8. The van der Waals surface area contributed by atoms with Crippen LogP contribution in [0.15, 0.2) is 71.6 Å². The van der Waals surface area contributed by atoms with Crippen molar-refractivity contribution in [2.75, 3.05) is 10.8 Å². The molecule has 41 heavy (non-hydrogen) atoms. The lowest BCUT2D eigenvalue weighted by atomic mass is 10.1. The van der Waals surface area contributed by atoms with E-state index in [1.807, 2.05) is 20.8 Å². The largest absolute Gasteiger partial charge is 0.352 e. The number of benzene rings is 3. The summed E-state index contributed by atoms with van der Waals surface area (Å²) in [6, 6.07) is 16.5. The molecule has 11 heteroatoms. The van der Waals surface area contributed by atoms with Gasteiger partial charge in [0.1, 0.15) is 12.6 Å². The number of hydrogen-bond acceptors (Lipinski definition) is 4. The van der Waals surface area contributed by atoms with Crippen molar-refractivity contribution in [1.82, 2.24) is 10.2 Å². The summed E-state index contributed by atoms with van der Waals surface area (Å²) in [7, 11) is -4.21. The van der Waals surface area contributed by atoms with Gasteiger partial charge in [-0.15, -0.1) is 0 Å². The number of rotatable bonds is 12. The zero-order valence-corrected chi connectivity index (χ0v) is 26.5. The molecular formula is C30H34Cl3N3O4S. The number of carbonyl (C=O) groups is 2. The molecule has 0 unspecified atom stereocenters. The summed E-state index contributed by atoms with van der Waals surface area (Å²) in [6.45, 7) is 6.76. The minimum absolute atomic E-state index is 0.0122. The molecule has 2 atom stereocenters. The highest BCUT2D eigenvalue weighted by Crippen LogP contribution is 2.29. The highest BCUT2D eigenvalue weighted by Gasteiger charge is 2.34. The lowest BCUT2D eigenvalue weighted by Crippen LogP contribution is -2.53. The van der Waals surface area contributed by atoms with Crippen molar-refractivity contribution in [3.05, 3.63) is 92.9 Å². The first-order chi connectivity index (χ1) is 19.4. The third-order valence-corrected chi connectivity index (χ3v) is 9.49. The molecule has 0 aliphatic carbocycles. The van der Waals surface area contributed by atoms with E-state index in [1.54, 1.807) is 55.5 Å². The lowest BCUT2D eigenvalue weighted by molar-refractivity contribution is -0.140. The molecule has 3 aromatic carbocycles. The molecule has 0 aliphatic rings. The van der Waals surface area contributed by atoms with Gasteiger partial charge in [-0.2, -0.15) is 0 Å². The number of amides is 2. The van der Waals surface area contributed by atoms with Crippen molar-refractivity contribution in [1.29, 1.82) is 0 Å². The molecule has 0 spiro atoms. The van der Waals surface area contributed by atoms with Crippen LogP contribution in [-0.2, 0) is 26.2 Å². The average molecular weight is 639 g/mol. The standard InChI is InChI=1S/C30H34Cl3N3O4S/c1-5-21(4)34-30(38)28(6-2)35(18-25-26(32)11-8-12-27(25)33)29(37)19-36(23-10-7-9-22(31)17-23)41(39,40)24-15-13-20(3)14-16-24/h7-17,21,28H,5-6,18-19H2,1-4H3,(H,34,38)/t21-,28-/m0/s1. The Balaban J connectivity index is 2.10. The van der Waals surface area contributed by atoms with Crippen LogP contribution >= 0.6 is 34.8 Å². The third-order valence-electron chi connectivity index (χ3n) is 6.76. The van der Waals surface area contributed by atoms with Crippen LogP contribution in [0.4, 0.5) is 5.69 Å². The molecule has 0 radical (unpaired) electrons. The van der Waals surface area contributed by atoms with Crippen LogP contribution in [0.5, 0.6) is 0 Å². The number of sulfonamides is 1. The van der Waals surface area contributed by atoms with Gasteiger partial charge < -0.3 is 10.2 Å². The molecular weight excluding hydrogens is 605 g/mol. The van der Waals surface area contributed by atoms with E-state index < -0.39 is 28.5 Å². The lowest BCUT2D eigenvalue weighted by Gasteiger charge is -2.34. The summed E-state index contributed by atoms with van der Waals surface area (Å²) in [4.78, 5) is 28.9. The highest BCUT2D eigenvalue weighted by atomic mass is 35.5. The zero-order chi connectivity index (χ0) is 30.3. The van der Waals surface area contributed by atoms with E-state index in [1.165, 1.54) is 23.1 Å². The summed E-state index contributed by atoms with van der Waals surface area (Å²) in [5, 5.41) is 3.89. The van der Waals surface area contributed by atoms with Crippen molar-refractivity contribution in [3.63, 3.8) is 0 Å². The Kier molecular flexibility index (Phi) is 11.5. The van der Waals surface area contributed by atoms with Crippen LogP contribution in [-0.4, -0.2) is 43.8 Å². The average Bonchev–Trinajstić information content (AvgIpc) is 2.93. The Bertz CT molecular complexity index is 1460. The molecule has 0 fully saturated rings. The monoisotopic (exact) mass is 637 g/mol. The van der Waals surface area contributed by atoms with Crippen LogP contribution in [0.25, 0.3) is 0 Å². The SMILES string of the molecule is CC[C@H](C)NC(=O)[C@H](CC)N(Cc1c(Cl)cccc1Cl)C(=O)CN(c1cccc(Cl)c1)S(=O)(=O)c1ccc(C)cc1. The molecule has 3 rings (SSSR count). The Hall–Kier alpha value is -2.78. The fourth-order valence-corrected chi connectivity index (χ4v) is 6.32. The molecule has 2 amide bonds. The number of carbonyl (C=O) groups excluding carboxylic acids is 2. The Labute approximate surface area is 257 Å². The van der Waals surface area contributed by atoms with Crippen molar-refractivity contribution in [2.45, 2.75) is 64.1 Å². The van der Waals surface area contributed by atoms with Gasteiger partial charge in [0.2, 0.25) is 11.8 Å². The number of nitrogens with zero attached hydrogens (tertiary/aromatic N) is 2. The fourth-order valence-electron chi connectivity index (χ4n) is 4.21. The van der Waals surface area contributed by atoms with E-state index in [0.29, 0.717) is 27.1 Å². The van der Waals surface area contributed by atoms with Gasteiger partial charge in [0.25, 0.3) is 10.0 Å². The maximum absolute atomic E-state index is 14.2. The van der Waals surface area contributed by atoms with E-state index in [0.717, 1.165) is 9.87 Å². The molecule has 0 aliphatic heterocycles. The molecule has 3 aromatic rings. The normalized spacial score (nSPS) is 12.9. The number of aryl methyl sites for hydroxylation is 1. The first kappa shape index (κ1) is 32.7. The molecule has 220 valence electrons. The van der Waals surface area contributed by atoms with Gasteiger partial charge in [-0.05, 0) is 69.2 Å². The second-order valence-electron chi connectivity index (χ2n) is 9.77. The fraction of sp³-hybridized carbons (Fsp3) is 0.333. The maximum atomic E-state index is 14.2. The minimum atomic E-state index is -4.21. The second-order valence-corrected chi connectivity index (χ2v) is 12.9. The van der Waals surface area contributed by atoms with Gasteiger partial charge >= 0.3 is 0 Å². The van der Waals surface area contributed by atoms with Gasteiger partial charge in [0, 0.05) is 33.2 Å². The van der Waals surface area contributed by atoms with Gasteiger partial charge in [-0.1, -0.05) is 78.5 Å². The predicted octanol–water partition coefficient (Wildman–Crippen LogP) is 6.87. The summed E-state index contributed by atoms with van der Waals surface area (Å²) < 4.78 is 28.9. The summed E-state index contributed by atoms with van der Waals surface area (Å²) >= 11 is 19.1. The Morgan fingerprint density at radius 2 is 1.51 bits per heavy atom. The van der Waals surface area contributed by atoms with Crippen molar-refractivity contribution >= 4 is 62.3 Å². The van der Waals surface area contributed by atoms with E-state index in [-0.39, 0.29) is 35.5 Å². The van der Waals surface area contributed by atoms with Crippen molar-refractivity contribution in [2.24, 2.45) is 0 Å². The molecule has 0 heterocycles. The molecule has 0 saturated heterocycles. The topological polar surface area (TPSA) is 86.8 Å². The summed E-state index contributed by atoms with van der Waals surface area (Å²) in [6.07, 6.45) is 0.974. The number of anilines is 1. The van der Waals surface area contributed by atoms with Crippen LogP contribution in [0, 0.1) is 6.92 Å². The van der Waals surface area contributed by atoms with Gasteiger partial charge in [0.05, 0.1) is 10.6 Å². The summed E-state index contributed by atoms with van der Waals surface area (Å²) in [5.41, 5.74) is 1.55. The summed E-state index contributed by atoms with van der Waals surface area (Å²) in [5.74, 6) is -0.961. The second kappa shape index (κ2) is 14.4. The van der Waals surface area contributed by atoms with Crippen molar-refractivity contribution in [3.8, 4) is 0 Å². The Morgan fingerprint density at radius 1 is 0.902 bits per heavy atom. The number of hydrogen-bond donors (Lipinski definition) is 1. The smallest absolute Gasteiger partial charge is 0.264 e. The van der Waals surface area contributed by atoms with Gasteiger partial charge in [0.15, 0.2) is 0 Å². The molecule has 0 aromatic heterocycles. The van der Waals surface area contributed by atoms with Crippen LogP contribution in [0.3, 0.4) is 0 Å². The maximum Gasteiger partial charge on any atom is 0.264 e. The zero-order valence-electron chi connectivity index (χ0n) is 23.4. The molecule has 1 N–H and O–H groups in total. The van der Waals surface area contributed by atoms with E-state index in [9.17, 15) is 18.0 Å². The van der Waals surface area contributed by atoms with E-state index >= 15 is 0 Å². The van der Waals surface area contributed by atoms with Crippen LogP contribution in [0.1, 0.15) is 44.7 Å². The van der Waals surface area contributed by atoms with Crippen LogP contribution < -0.4 is 9.62 Å².